The molecule has 128 valence electrons. The number of hydrogen-bond donors (Lipinski definition) is 1. The van der Waals surface area contributed by atoms with Gasteiger partial charge in [0.2, 0.25) is 5.82 Å². The van der Waals surface area contributed by atoms with Gasteiger partial charge in [-0.15, -0.1) is 0 Å². The number of non-ortho nitro benzene ring substituents is 1. The van der Waals surface area contributed by atoms with Crippen LogP contribution in [-0.4, -0.2) is 20.0 Å². The Hall–Kier alpha value is -3.81. The first-order valence-electron chi connectivity index (χ1n) is 7.74. The van der Waals surface area contributed by atoms with Gasteiger partial charge in [-0.25, -0.2) is 0 Å². The molecule has 0 fully saturated rings. The van der Waals surface area contributed by atoms with Gasteiger partial charge < -0.3 is 9.51 Å². The zero-order chi connectivity index (χ0) is 18.3. The lowest BCUT2D eigenvalue weighted by Crippen LogP contribution is -2.10. The summed E-state index contributed by atoms with van der Waals surface area (Å²) in [4.78, 5) is 29.9. The quantitative estimate of drug-likeness (QED) is 0.448. The van der Waals surface area contributed by atoms with Crippen molar-refractivity contribution in [1.82, 2.24) is 15.1 Å². The Balaban J connectivity index is 1.80. The predicted molar refractivity (Wildman–Crippen MR) is 94.7 cm³/mol. The highest BCUT2D eigenvalue weighted by Gasteiger charge is 2.16. The Labute approximate surface area is 146 Å². The van der Waals surface area contributed by atoms with Crippen molar-refractivity contribution < 1.29 is 9.45 Å². The van der Waals surface area contributed by atoms with Gasteiger partial charge in [-0.1, -0.05) is 29.4 Å². The second-order valence-corrected chi connectivity index (χ2v) is 5.78. The van der Waals surface area contributed by atoms with E-state index in [1.807, 2.05) is 25.1 Å². The maximum Gasteiger partial charge on any atom is 0.270 e. The van der Waals surface area contributed by atoms with Crippen LogP contribution in [0, 0.1) is 17.0 Å². The highest BCUT2D eigenvalue weighted by Crippen LogP contribution is 2.25. The van der Waals surface area contributed by atoms with E-state index in [9.17, 15) is 14.9 Å². The molecule has 0 atom stereocenters. The van der Waals surface area contributed by atoms with Crippen LogP contribution in [0.1, 0.15) is 5.56 Å². The smallest absolute Gasteiger partial charge is 0.270 e. The summed E-state index contributed by atoms with van der Waals surface area (Å²) in [5.41, 5.74) is 1.97. The third-order valence-corrected chi connectivity index (χ3v) is 4.06. The number of para-hydroxylation sites is 1. The zero-order valence-corrected chi connectivity index (χ0v) is 13.6. The molecule has 26 heavy (non-hydrogen) atoms. The third-order valence-electron chi connectivity index (χ3n) is 4.06. The number of aromatic nitrogens is 3. The molecule has 1 N–H and O–H groups in total. The normalized spacial score (nSPS) is 11.0. The molecule has 2 heterocycles. The van der Waals surface area contributed by atoms with Gasteiger partial charge in [0.15, 0.2) is 0 Å². The Morgan fingerprint density at radius 1 is 1.15 bits per heavy atom. The lowest BCUT2D eigenvalue weighted by Gasteiger charge is -2.02. The van der Waals surface area contributed by atoms with Crippen molar-refractivity contribution in [3.63, 3.8) is 0 Å². The second kappa shape index (κ2) is 5.92. The van der Waals surface area contributed by atoms with Gasteiger partial charge in [0, 0.05) is 17.7 Å². The molecule has 0 aliphatic heterocycles. The van der Waals surface area contributed by atoms with E-state index in [1.165, 1.54) is 18.2 Å². The van der Waals surface area contributed by atoms with Crippen molar-refractivity contribution in [2.24, 2.45) is 0 Å². The molecule has 2 aromatic carbocycles. The van der Waals surface area contributed by atoms with Crippen LogP contribution in [0.15, 0.2) is 57.8 Å². The van der Waals surface area contributed by atoms with Crippen LogP contribution in [0.25, 0.3) is 33.7 Å². The third kappa shape index (κ3) is 2.63. The highest BCUT2D eigenvalue weighted by atomic mass is 16.6. The maximum absolute atomic E-state index is 12.4. The molecular formula is C18H12N4O4. The largest absolute Gasteiger partial charge is 0.334 e. The molecular weight excluding hydrogens is 336 g/mol. The fraction of sp³-hybridized carbons (Fsp3) is 0.0556. The van der Waals surface area contributed by atoms with E-state index in [1.54, 1.807) is 12.1 Å². The summed E-state index contributed by atoms with van der Waals surface area (Å²) in [7, 11) is 0. The first kappa shape index (κ1) is 15.7. The van der Waals surface area contributed by atoms with Crippen molar-refractivity contribution in [3.8, 4) is 22.8 Å². The Morgan fingerprint density at radius 2 is 1.96 bits per heavy atom. The molecule has 0 saturated carbocycles. The van der Waals surface area contributed by atoms with Crippen molar-refractivity contribution in [3.05, 3.63) is 74.6 Å². The van der Waals surface area contributed by atoms with Gasteiger partial charge in [-0.3, -0.25) is 14.9 Å². The number of pyridine rings is 1. The average Bonchev–Trinajstić information content (AvgIpc) is 3.12. The number of hydrogen-bond acceptors (Lipinski definition) is 6. The number of rotatable bonds is 3. The number of nitrogens with zero attached hydrogens (tertiary/aromatic N) is 3. The molecule has 0 aliphatic rings. The van der Waals surface area contributed by atoms with Crippen LogP contribution in [-0.2, 0) is 0 Å². The molecule has 4 aromatic rings. The van der Waals surface area contributed by atoms with Crippen LogP contribution < -0.4 is 5.56 Å². The summed E-state index contributed by atoms with van der Waals surface area (Å²) in [6.45, 7) is 1.91. The minimum absolute atomic E-state index is 0.0822. The number of nitro benzene ring substituents is 1. The molecule has 8 nitrogen and oxygen atoms in total. The van der Waals surface area contributed by atoms with Crippen molar-refractivity contribution in [2.45, 2.75) is 6.92 Å². The van der Waals surface area contributed by atoms with Crippen molar-refractivity contribution in [2.75, 3.05) is 0 Å². The van der Waals surface area contributed by atoms with E-state index >= 15 is 0 Å². The summed E-state index contributed by atoms with van der Waals surface area (Å²) in [5.74, 6) is 0.226. The van der Waals surface area contributed by atoms with Crippen LogP contribution >= 0.6 is 0 Å². The Morgan fingerprint density at radius 3 is 2.77 bits per heavy atom. The van der Waals surface area contributed by atoms with E-state index in [-0.39, 0.29) is 28.5 Å². The molecule has 0 bridgehead atoms. The van der Waals surface area contributed by atoms with Crippen LogP contribution in [0.5, 0.6) is 0 Å². The minimum atomic E-state index is -0.503. The Kier molecular flexibility index (Phi) is 3.58. The van der Waals surface area contributed by atoms with E-state index in [0.29, 0.717) is 5.56 Å². The molecule has 8 heteroatoms. The van der Waals surface area contributed by atoms with Gasteiger partial charge in [0.25, 0.3) is 17.1 Å². The van der Waals surface area contributed by atoms with E-state index in [4.69, 9.17) is 4.52 Å². The predicted octanol–water partition coefficient (Wildman–Crippen LogP) is 3.46. The molecule has 0 amide bonds. The summed E-state index contributed by atoms with van der Waals surface area (Å²) in [6, 6.07) is 13.2. The van der Waals surface area contributed by atoms with Gasteiger partial charge in [-0.2, -0.15) is 4.98 Å². The summed E-state index contributed by atoms with van der Waals surface area (Å²) >= 11 is 0. The fourth-order valence-electron chi connectivity index (χ4n) is 2.75. The van der Waals surface area contributed by atoms with Gasteiger partial charge in [0.05, 0.1) is 16.0 Å². The molecule has 0 spiro atoms. The standard InChI is InChI=1S/C18H12N4O4/c1-10-4-2-5-11-9-14(17(23)19-15(10)11)16-20-18(26-21-16)12-6-3-7-13(8-12)22(24)25/h2-9H,1H3,(H,19,23). The number of nitrogens with one attached hydrogen (secondary N) is 1. The lowest BCUT2D eigenvalue weighted by molar-refractivity contribution is -0.384. The number of H-pyrrole nitrogens is 1. The second-order valence-electron chi connectivity index (χ2n) is 5.78. The first-order valence-corrected chi connectivity index (χ1v) is 7.74. The summed E-state index contributed by atoms with van der Waals surface area (Å²) < 4.78 is 5.19. The van der Waals surface area contributed by atoms with E-state index in [0.717, 1.165) is 16.5 Å². The minimum Gasteiger partial charge on any atom is -0.334 e. The van der Waals surface area contributed by atoms with Crippen molar-refractivity contribution in [1.29, 1.82) is 0 Å². The Bertz CT molecular complexity index is 1210. The van der Waals surface area contributed by atoms with Gasteiger partial charge in [0.1, 0.15) is 0 Å². The molecule has 0 aliphatic carbocycles. The van der Waals surface area contributed by atoms with Crippen LogP contribution in [0.2, 0.25) is 0 Å². The topological polar surface area (TPSA) is 115 Å². The molecule has 0 radical (unpaired) electrons. The number of benzene rings is 2. The van der Waals surface area contributed by atoms with Crippen LogP contribution in [0.3, 0.4) is 0 Å². The van der Waals surface area contributed by atoms with Crippen molar-refractivity contribution >= 4 is 16.6 Å². The number of aromatic amines is 1. The lowest BCUT2D eigenvalue weighted by atomic mass is 10.1. The van der Waals surface area contributed by atoms with E-state index < -0.39 is 4.92 Å². The number of aryl methyl sites for hydroxylation is 1. The number of fused-ring (bicyclic) bond motifs is 1. The fourth-order valence-corrected chi connectivity index (χ4v) is 2.75. The summed E-state index contributed by atoms with van der Waals surface area (Å²) in [5, 5.41) is 15.6. The highest BCUT2D eigenvalue weighted by molar-refractivity contribution is 5.84. The molecule has 4 rings (SSSR count). The summed E-state index contributed by atoms with van der Waals surface area (Å²) in [6.07, 6.45) is 0. The molecule has 0 saturated heterocycles. The number of nitro groups is 1. The van der Waals surface area contributed by atoms with Gasteiger partial charge >= 0.3 is 0 Å². The first-order chi connectivity index (χ1) is 12.5. The van der Waals surface area contributed by atoms with E-state index in [2.05, 4.69) is 15.1 Å². The molecule has 0 unspecified atom stereocenters. The zero-order valence-electron chi connectivity index (χ0n) is 13.6. The average molecular weight is 348 g/mol. The van der Waals surface area contributed by atoms with Crippen LogP contribution in [0.4, 0.5) is 5.69 Å². The molecule has 2 aromatic heterocycles. The SMILES string of the molecule is Cc1cccc2cc(-c3noc(-c4cccc([N+](=O)[O-])c4)n3)c(=O)[nH]c12. The maximum atomic E-state index is 12.4. The monoisotopic (exact) mass is 348 g/mol. The van der Waals surface area contributed by atoms with Gasteiger partial charge in [-0.05, 0) is 30.0 Å².